The fourth-order valence-electron chi connectivity index (χ4n) is 5.20. The van der Waals surface area contributed by atoms with Crippen LogP contribution in [-0.4, -0.2) is 66.2 Å². The lowest BCUT2D eigenvalue weighted by molar-refractivity contribution is 0.0298. The number of hydrogen-bond acceptors (Lipinski definition) is 4. The Morgan fingerprint density at radius 2 is 1.73 bits per heavy atom. The van der Waals surface area contributed by atoms with Crippen molar-refractivity contribution in [2.75, 3.05) is 39.3 Å². The van der Waals surface area contributed by atoms with Crippen molar-refractivity contribution in [1.29, 1.82) is 0 Å². The van der Waals surface area contributed by atoms with Gasteiger partial charge in [-0.1, -0.05) is 48.5 Å². The Morgan fingerprint density at radius 3 is 2.58 bits per heavy atom. The Morgan fingerprint density at radius 1 is 0.939 bits per heavy atom. The summed E-state index contributed by atoms with van der Waals surface area (Å²) in [5.74, 6) is 0.0822. The lowest BCUT2D eigenvalue weighted by Gasteiger charge is -2.27. The highest BCUT2D eigenvalue weighted by Crippen LogP contribution is 2.31. The maximum atomic E-state index is 13.7. The van der Waals surface area contributed by atoms with Gasteiger partial charge in [-0.3, -0.25) is 4.79 Å². The third-order valence-electron chi connectivity index (χ3n) is 6.87. The number of carbonyl (C=O) groups is 1. The van der Waals surface area contributed by atoms with Crippen LogP contribution in [0.25, 0.3) is 21.9 Å². The number of aliphatic hydroxyl groups is 1. The summed E-state index contributed by atoms with van der Waals surface area (Å²) in [6.45, 7) is 5.27. The van der Waals surface area contributed by atoms with Crippen LogP contribution in [0.2, 0.25) is 0 Å². The molecular weight excluding hydrogens is 412 g/mol. The third-order valence-corrected chi connectivity index (χ3v) is 6.87. The smallest absolute Gasteiger partial charge is 0.254 e. The van der Waals surface area contributed by atoms with Gasteiger partial charge in [0.05, 0.1) is 12.7 Å². The molecule has 1 amide bonds. The first kappa shape index (κ1) is 22.1. The largest absolute Gasteiger partial charge is 0.392 e. The molecule has 0 aromatic heterocycles. The summed E-state index contributed by atoms with van der Waals surface area (Å²) in [7, 11) is 0. The Hall–Kier alpha value is -2.73. The molecule has 2 aliphatic heterocycles. The van der Waals surface area contributed by atoms with Crippen LogP contribution in [0.5, 0.6) is 0 Å². The zero-order chi connectivity index (χ0) is 22.6. The summed E-state index contributed by atoms with van der Waals surface area (Å²) in [6, 6.07) is 20.1. The molecule has 33 heavy (non-hydrogen) atoms. The molecule has 3 aromatic carbocycles. The van der Waals surface area contributed by atoms with Gasteiger partial charge in [0.25, 0.3) is 5.91 Å². The lowest BCUT2D eigenvalue weighted by Crippen LogP contribution is -2.41. The van der Waals surface area contributed by atoms with Gasteiger partial charge in [0.2, 0.25) is 0 Å². The van der Waals surface area contributed by atoms with Crippen molar-refractivity contribution in [1.82, 2.24) is 9.80 Å². The number of ether oxygens (including phenoxy) is 1. The minimum atomic E-state index is 0.0119. The summed E-state index contributed by atoms with van der Waals surface area (Å²) in [5.41, 5.74) is 3.74. The van der Waals surface area contributed by atoms with Gasteiger partial charge >= 0.3 is 0 Å². The molecule has 0 saturated carbocycles. The van der Waals surface area contributed by atoms with E-state index in [1.54, 1.807) is 0 Å². The first-order chi connectivity index (χ1) is 16.2. The average molecular weight is 445 g/mol. The van der Waals surface area contributed by atoms with Crippen LogP contribution in [0.15, 0.2) is 60.7 Å². The van der Waals surface area contributed by atoms with Crippen molar-refractivity contribution in [3.63, 3.8) is 0 Å². The minimum Gasteiger partial charge on any atom is -0.392 e. The molecule has 2 fully saturated rings. The SMILES string of the molecule is O=C(c1cccc2c(-c3cccc(CO)c3)cccc12)N1CCCOC(CN2CCCC2)C1. The van der Waals surface area contributed by atoms with Gasteiger partial charge in [0, 0.05) is 31.8 Å². The predicted molar refractivity (Wildman–Crippen MR) is 131 cm³/mol. The Labute approximate surface area is 195 Å². The van der Waals surface area contributed by atoms with Gasteiger partial charge in [0.15, 0.2) is 0 Å². The number of fused-ring (bicyclic) bond motifs is 1. The van der Waals surface area contributed by atoms with Crippen LogP contribution in [0, 0.1) is 0 Å². The van der Waals surface area contributed by atoms with Gasteiger partial charge in [-0.05, 0) is 71.9 Å². The van der Waals surface area contributed by atoms with Gasteiger partial charge in [-0.2, -0.15) is 0 Å². The van der Waals surface area contributed by atoms with Crippen molar-refractivity contribution in [3.8, 4) is 11.1 Å². The Bertz CT molecular complexity index is 1120. The monoisotopic (exact) mass is 444 g/mol. The van der Waals surface area contributed by atoms with E-state index >= 15 is 0 Å². The number of hydrogen-bond donors (Lipinski definition) is 1. The number of benzene rings is 3. The van der Waals surface area contributed by atoms with Crippen molar-refractivity contribution in [2.45, 2.75) is 32.0 Å². The van der Waals surface area contributed by atoms with E-state index in [1.807, 2.05) is 47.4 Å². The third kappa shape index (κ3) is 4.81. The van der Waals surface area contributed by atoms with E-state index in [2.05, 4.69) is 23.1 Å². The normalized spacial score (nSPS) is 19.7. The molecule has 2 aliphatic rings. The number of carbonyl (C=O) groups excluding carboxylic acids is 1. The van der Waals surface area contributed by atoms with Gasteiger partial charge in [-0.25, -0.2) is 0 Å². The summed E-state index contributed by atoms with van der Waals surface area (Å²) < 4.78 is 6.11. The highest BCUT2D eigenvalue weighted by molar-refractivity contribution is 6.10. The van der Waals surface area contributed by atoms with E-state index in [1.165, 1.54) is 12.8 Å². The first-order valence-corrected chi connectivity index (χ1v) is 12.1. The molecule has 0 radical (unpaired) electrons. The molecule has 1 unspecified atom stereocenters. The fourth-order valence-corrected chi connectivity index (χ4v) is 5.20. The molecule has 2 saturated heterocycles. The van der Waals surface area contributed by atoms with Gasteiger partial charge < -0.3 is 19.6 Å². The van der Waals surface area contributed by atoms with Crippen LogP contribution < -0.4 is 0 Å². The molecule has 172 valence electrons. The Kier molecular flexibility index (Phi) is 6.72. The van der Waals surface area contributed by atoms with Crippen LogP contribution in [0.3, 0.4) is 0 Å². The predicted octanol–water partition coefficient (Wildman–Crippen LogP) is 4.33. The standard InChI is InChI=1S/C28H32N2O3/c31-20-21-7-3-8-22(17-21)24-9-4-11-26-25(24)10-5-12-27(26)28(32)30-15-6-16-33-23(19-30)18-29-13-1-2-14-29/h3-5,7-12,17,23,31H,1-2,6,13-16,18-20H2. The molecule has 5 rings (SSSR count). The number of likely N-dealkylation sites (tertiary alicyclic amines) is 1. The van der Waals surface area contributed by atoms with E-state index in [0.29, 0.717) is 13.2 Å². The maximum absolute atomic E-state index is 13.7. The highest BCUT2D eigenvalue weighted by Gasteiger charge is 2.27. The molecule has 0 spiro atoms. The van der Waals surface area contributed by atoms with E-state index < -0.39 is 0 Å². The quantitative estimate of drug-likeness (QED) is 0.637. The average Bonchev–Trinajstić information content (AvgIpc) is 3.26. The number of amides is 1. The maximum Gasteiger partial charge on any atom is 0.254 e. The summed E-state index contributed by atoms with van der Waals surface area (Å²) >= 11 is 0. The Balaban J connectivity index is 1.44. The van der Waals surface area contributed by atoms with Crippen molar-refractivity contribution < 1.29 is 14.6 Å². The molecule has 1 atom stereocenters. The molecule has 2 heterocycles. The molecule has 0 aliphatic carbocycles. The second-order valence-electron chi connectivity index (χ2n) is 9.17. The molecule has 5 heteroatoms. The first-order valence-electron chi connectivity index (χ1n) is 12.1. The minimum absolute atomic E-state index is 0.0119. The van der Waals surface area contributed by atoms with Gasteiger partial charge in [0.1, 0.15) is 0 Å². The molecular formula is C28H32N2O3. The second kappa shape index (κ2) is 10.0. The highest BCUT2D eigenvalue weighted by atomic mass is 16.5. The summed E-state index contributed by atoms with van der Waals surface area (Å²) in [4.78, 5) is 18.2. The topological polar surface area (TPSA) is 53.0 Å². The summed E-state index contributed by atoms with van der Waals surface area (Å²) in [6.07, 6.45) is 3.46. The molecule has 0 bridgehead atoms. The van der Waals surface area contributed by atoms with Crippen LogP contribution in [0.1, 0.15) is 35.2 Å². The van der Waals surface area contributed by atoms with E-state index in [0.717, 1.165) is 65.6 Å². The van der Waals surface area contributed by atoms with Crippen LogP contribution >= 0.6 is 0 Å². The van der Waals surface area contributed by atoms with Crippen LogP contribution in [0.4, 0.5) is 0 Å². The fraction of sp³-hybridized carbons (Fsp3) is 0.393. The van der Waals surface area contributed by atoms with Crippen LogP contribution in [-0.2, 0) is 11.3 Å². The second-order valence-corrected chi connectivity index (χ2v) is 9.17. The van der Waals surface area contributed by atoms with Gasteiger partial charge in [-0.15, -0.1) is 0 Å². The zero-order valence-electron chi connectivity index (χ0n) is 19.1. The molecule has 5 nitrogen and oxygen atoms in total. The van der Waals surface area contributed by atoms with E-state index in [-0.39, 0.29) is 18.6 Å². The number of rotatable bonds is 5. The zero-order valence-corrected chi connectivity index (χ0v) is 19.1. The number of nitrogens with zero attached hydrogens (tertiary/aromatic N) is 2. The van der Waals surface area contributed by atoms with Crippen molar-refractivity contribution in [3.05, 3.63) is 71.8 Å². The van der Waals surface area contributed by atoms with Crippen molar-refractivity contribution >= 4 is 16.7 Å². The lowest BCUT2D eigenvalue weighted by atomic mass is 9.94. The van der Waals surface area contributed by atoms with E-state index in [9.17, 15) is 9.90 Å². The summed E-state index contributed by atoms with van der Waals surface area (Å²) in [5, 5.41) is 11.6. The molecule has 3 aromatic rings. The number of aliphatic hydroxyl groups excluding tert-OH is 1. The molecule has 1 N–H and O–H groups in total. The van der Waals surface area contributed by atoms with E-state index in [4.69, 9.17) is 4.74 Å². The van der Waals surface area contributed by atoms with Crippen molar-refractivity contribution in [2.24, 2.45) is 0 Å².